The molecule has 0 fully saturated rings. The molecule has 2 N–H and O–H groups in total. The van der Waals surface area contributed by atoms with Crippen LogP contribution < -0.4 is 5.48 Å². The van der Waals surface area contributed by atoms with Gasteiger partial charge in [-0.1, -0.05) is 30.3 Å². The van der Waals surface area contributed by atoms with Gasteiger partial charge in [0.05, 0.1) is 6.07 Å². The molecule has 4 nitrogen and oxygen atoms in total. The van der Waals surface area contributed by atoms with Crippen molar-refractivity contribution in [3.8, 4) is 6.07 Å². The maximum Gasteiger partial charge on any atom is 0.200 e. The Morgan fingerprint density at radius 3 is 2.77 bits per heavy atom. The Bertz CT molecular complexity index is 281. The zero-order valence-electron chi connectivity index (χ0n) is 6.97. The van der Waals surface area contributed by atoms with Gasteiger partial charge in [0.15, 0.2) is 0 Å². The molecule has 0 radical (unpaired) electrons. The van der Waals surface area contributed by atoms with E-state index in [-0.39, 0.29) is 6.54 Å². The third-order valence-electron chi connectivity index (χ3n) is 1.43. The van der Waals surface area contributed by atoms with Crippen LogP contribution >= 0.6 is 0 Å². The predicted molar refractivity (Wildman–Crippen MR) is 46.1 cm³/mol. The van der Waals surface area contributed by atoms with E-state index in [2.05, 4.69) is 5.48 Å². The van der Waals surface area contributed by atoms with Crippen molar-refractivity contribution in [2.45, 2.75) is 6.29 Å². The van der Waals surface area contributed by atoms with Crippen LogP contribution in [0, 0.1) is 11.3 Å². The van der Waals surface area contributed by atoms with Crippen LogP contribution in [0.15, 0.2) is 30.3 Å². The van der Waals surface area contributed by atoms with E-state index < -0.39 is 6.29 Å². The Kier molecular flexibility index (Phi) is 3.93. The summed E-state index contributed by atoms with van der Waals surface area (Å²) in [5.74, 6) is 0. The minimum Gasteiger partial charge on any atom is -0.363 e. The molecule has 0 aliphatic heterocycles. The summed E-state index contributed by atoms with van der Waals surface area (Å²) < 4.78 is 0. The number of nitrogens with zero attached hydrogens (tertiary/aromatic N) is 1. The van der Waals surface area contributed by atoms with Crippen LogP contribution in [0.5, 0.6) is 0 Å². The molecule has 0 aliphatic carbocycles. The van der Waals surface area contributed by atoms with Crippen molar-refractivity contribution in [1.29, 1.82) is 5.26 Å². The van der Waals surface area contributed by atoms with Crippen molar-refractivity contribution in [2.24, 2.45) is 0 Å². The average molecular weight is 178 g/mol. The second-order valence-corrected chi connectivity index (χ2v) is 2.36. The van der Waals surface area contributed by atoms with Crippen LogP contribution in [0.25, 0.3) is 0 Å². The molecule has 1 atom stereocenters. The summed E-state index contributed by atoms with van der Waals surface area (Å²) in [4.78, 5) is 4.75. The molecule has 0 amide bonds. The number of aliphatic hydroxyl groups excluding tert-OH is 1. The molecule has 1 unspecified atom stereocenters. The van der Waals surface area contributed by atoms with E-state index in [1.807, 2.05) is 12.1 Å². The number of aliphatic hydroxyl groups is 1. The molecular formula is C9H10N2O2. The molecule has 0 saturated carbocycles. The normalized spacial score (nSPS) is 12.0. The summed E-state index contributed by atoms with van der Waals surface area (Å²) >= 11 is 0. The van der Waals surface area contributed by atoms with E-state index in [1.54, 1.807) is 24.3 Å². The number of benzene rings is 1. The lowest BCUT2D eigenvalue weighted by atomic mass is 10.2. The lowest BCUT2D eigenvalue weighted by Gasteiger charge is -2.10. The van der Waals surface area contributed by atoms with E-state index in [0.29, 0.717) is 5.56 Å². The van der Waals surface area contributed by atoms with E-state index >= 15 is 0 Å². The topological polar surface area (TPSA) is 65.3 Å². The summed E-state index contributed by atoms with van der Waals surface area (Å²) in [7, 11) is 0. The fourth-order valence-corrected chi connectivity index (χ4v) is 0.839. The number of nitrogens with one attached hydrogen (secondary N) is 1. The Morgan fingerprint density at radius 1 is 1.46 bits per heavy atom. The predicted octanol–water partition coefficient (Wildman–Crippen LogP) is 0.722. The van der Waals surface area contributed by atoms with Gasteiger partial charge in [0.25, 0.3) is 0 Å². The van der Waals surface area contributed by atoms with Gasteiger partial charge in [0.1, 0.15) is 6.54 Å². The Balaban J connectivity index is 2.41. The molecule has 0 spiro atoms. The van der Waals surface area contributed by atoms with E-state index in [4.69, 9.17) is 10.1 Å². The average Bonchev–Trinajstić information content (AvgIpc) is 2.19. The summed E-state index contributed by atoms with van der Waals surface area (Å²) in [5, 5.41) is 17.5. The second-order valence-electron chi connectivity index (χ2n) is 2.36. The number of hydroxylamine groups is 1. The van der Waals surface area contributed by atoms with Gasteiger partial charge >= 0.3 is 0 Å². The Morgan fingerprint density at radius 2 is 2.15 bits per heavy atom. The first kappa shape index (κ1) is 9.68. The zero-order valence-corrected chi connectivity index (χ0v) is 6.97. The summed E-state index contributed by atoms with van der Waals surface area (Å²) in [6.07, 6.45) is -1.03. The number of nitriles is 1. The largest absolute Gasteiger partial charge is 0.363 e. The zero-order chi connectivity index (χ0) is 9.52. The van der Waals surface area contributed by atoms with Gasteiger partial charge in [-0.05, 0) is 0 Å². The first-order chi connectivity index (χ1) is 6.34. The van der Waals surface area contributed by atoms with E-state index in [1.165, 1.54) is 0 Å². The Labute approximate surface area is 76.3 Å². The van der Waals surface area contributed by atoms with E-state index in [0.717, 1.165) is 0 Å². The molecule has 1 aromatic carbocycles. The van der Waals surface area contributed by atoms with Crippen molar-refractivity contribution >= 4 is 0 Å². The molecule has 1 rings (SSSR count). The molecule has 1 aromatic rings. The first-order valence-corrected chi connectivity index (χ1v) is 3.83. The maximum atomic E-state index is 9.35. The van der Waals surface area contributed by atoms with Crippen LogP contribution in [0.2, 0.25) is 0 Å². The van der Waals surface area contributed by atoms with Gasteiger partial charge in [-0.15, -0.1) is 0 Å². The summed E-state index contributed by atoms with van der Waals surface area (Å²) in [6, 6.07) is 10.7. The lowest BCUT2D eigenvalue weighted by Crippen LogP contribution is -2.18. The van der Waals surface area contributed by atoms with Crippen molar-refractivity contribution in [3.05, 3.63) is 35.9 Å². The number of rotatable bonds is 4. The van der Waals surface area contributed by atoms with Crippen molar-refractivity contribution in [2.75, 3.05) is 6.54 Å². The minimum atomic E-state index is -1.03. The highest BCUT2D eigenvalue weighted by Crippen LogP contribution is 2.11. The smallest absolute Gasteiger partial charge is 0.200 e. The molecule has 13 heavy (non-hydrogen) atoms. The van der Waals surface area contributed by atoms with Gasteiger partial charge < -0.3 is 5.11 Å². The third-order valence-corrected chi connectivity index (χ3v) is 1.43. The standard InChI is InChI=1S/C9H10N2O2/c10-6-7-11-13-9(12)8-4-2-1-3-5-8/h1-5,9,11-12H,7H2. The molecule has 0 saturated heterocycles. The van der Waals surface area contributed by atoms with Crippen LogP contribution in [0.4, 0.5) is 0 Å². The molecule has 0 bridgehead atoms. The molecule has 0 aromatic heterocycles. The quantitative estimate of drug-likeness (QED) is 0.308. The maximum absolute atomic E-state index is 9.35. The van der Waals surface area contributed by atoms with Crippen LogP contribution in [0.3, 0.4) is 0 Å². The van der Waals surface area contributed by atoms with Crippen molar-refractivity contribution in [3.63, 3.8) is 0 Å². The fourth-order valence-electron chi connectivity index (χ4n) is 0.839. The van der Waals surface area contributed by atoms with Crippen molar-refractivity contribution < 1.29 is 9.94 Å². The molecule has 68 valence electrons. The molecular weight excluding hydrogens is 168 g/mol. The van der Waals surface area contributed by atoms with Gasteiger partial charge in [-0.25, -0.2) is 0 Å². The molecule has 0 heterocycles. The van der Waals surface area contributed by atoms with Gasteiger partial charge in [-0.2, -0.15) is 10.7 Å². The highest BCUT2D eigenvalue weighted by Gasteiger charge is 2.05. The van der Waals surface area contributed by atoms with Crippen LogP contribution in [-0.4, -0.2) is 11.7 Å². The highest BCUT2D eigenvalue weighted by molar-refractivity contribution is 5.15. The van der Waals surface area contributed by atoms with Gasteiger partial charge in [0.2, 0.25) is 6.29 Å². The minimum absolute atomic E-state index is 0.0455. The van der Waals surface area contributed by atoms with E-state index in [9.17, 15) is 5.11 Å². The summed E-state index contributed by atoms with van der Waals surface area (Å²) in [6.45, 7) is 0.0455. The third kappa shape index (κ3) is 3.22. The highest BCUT2D eigenvalue weighted by atomic mass is 16.7. The number of hydrogen-bond acceptors (Lipinski definition) is 4. The molecule has 4 heteroatoms. The Hall–Kier alpha value is -1.41. The lowest BCUT2D eigenvalue weighted by molar-refractivity contribution is -0.147. The van der Waals surface area contributed by atoms with Gasteiger partial charge in [0, 0.05) is 5.56 Å². The fraction of sp³-hybridized carbons (Fsp3) is 0.222. The summed E-state index contributed by atoms with van der Waals surface area (Å²) in [5.41, 5.74) is 2.97. The SMILES string of the molecule is N#CCNOC(O)c1ccccc1. The monoisotopic (exact) mass is 178 g/mol. The van der Waals surface area contributed by atoms with Crippen molar-refractivity contribution in [1.82, 2.24) is 5.48 Å². The van der Waals surface area contributed by atoms with Crippen LogP contribution in [-0.2, 0) is 4.84 Å². The molecule has 0 aliphatic rings. The number of hydrogen-bond donors (Lipinski definition) is 2. The second kappa shape index (κ2) is 5.27. The first-order valence-electron chi connectivity index (χ1n) is 3.83. The van der Waals surface area contributed by atoms with Crippen LogP contribution in [0.1, 0.15) is 11.9 Å². The van der Waals surface area contributed by atoms with Gasteiger partial charge in [-0.3, -0.25) is 4.84 Å².